The molecule has 0 fully saturated rings. The summed E-state index contributed by atoms with van der Waals surface area (Å²) in [6.45, 7) is 16.9. The normalized spacial score (nSPS) is 16.2. The highest BCUT2D eigenvalue weighted by atomic mass is 15.1. The van der Waals surface area contributed by atoms with Crippen LogP contribution in [0.15, 0.2) is 145 Å². The zero-order valence-electron chi connectivity index (χ0n) is 24.2. The van der Waals surface area contributed by atoms with Crippen molar-refractivity contribution in [1.29, 1.82) is 0 Å². The highest BCUT2D eigenvalue weighted by Crippen LogP contribution is 2.26. The highest BCUT2D eigenvalue weighted by molar-refractivity contribution is 5.87. The van der Waals surface area contributed by atoms with Crippen molar-refractivity contribution < 1.29 is 0 Å². The van der Waals surface area contributed by atoms with E-state index >= 15 is 0 Å². The van der Waals surface area contributed by atoms with Crippen LogP contribution in [0.2, 0.25) is 0 Å². The van der Waals surface area contributed by atoms with Crippen molar-refractivity contribution in [3.05, 3.63) is 146 Å². The van der Waals surface area contributed by atoms with Crippen LogP contribution in [0.1, 0.15) is 51.5 Å². The van der Waals surface area contributed by atoms with Gasteiger partial charge >= 0.3 is 0 Å². The lowest BCUT2D eigenvalue weighted by atomic mass is 9.97. The molecular weight excluding hydrogens is 486 g/mol. The van der Waals surface area contributed by atoms with E-state index in [0.717, 1.165) is 55.4 Å². The average Bonchev–Trinajstić information content (AvgIpc) is 2.98. The number of rotatable bonds is 15. The van der Waals surface area contributed by atoms with E-state index in [4.69, 9.17) is 0 Å². The van der Waals surface area contributed by atoms with Gasteiger partial charge in [0.05, 0.1) is 0 Å². The van der Waals surface area contributed by atoms with Crippen LogP contribution in [0.3, 0.4) is 0 Å². The Morgan fingerprint density at radius 1 is 1.12 bits per heavy atom. The smallest absolute Gasteiger partial charge is 0.0411 e. The van der Waals surface area contributed by atoms with Gasteiger partial charge in [-0.3, -0.25) is 9.98 Å². The molecule has 3 nitrogen and oxygen atoms in total. The molecule has 0 N–H and O–H groups in total. The van der Waals surface area contributed by atoms with Crippen molar-refractivity contribution in [2.24, 2.45) is 10.9 Å². The van der Waals surface area contributed by atoms with Crippen LogP contribution in [0.25, 0.3) is 16.3 Å². The summed E-state index contributed by atoms with van der Waals surface area (Å²) in [5.74, 6) is 0.401. The molecule has 1 aliphatic rings. The lowest BCUT2D eigenvalue weighted by molar-refractivity contribution is 0.462. The topological polar surface area (TPSA) is 28.5 Å². The van der Waals surface area contributed by atoms with Crippen LogP contribution in [0, 0.1) is 5.92 Å². The molecule has 0 saturated heterocycles. The number of aliphatic imine (C=N–C) groups is 1. The molecule has 0 bridgehead atoms. The number of hydrogen-bond acceptors (Lipinski definition) is 3. The van der Waals surface area contributed by atoms with E-state index in [1.165, 1.54) is 22.2 Å². The van der Waals surface area contributed by atoms with Crippen molar-refractivity contribution in [1.82, 2.24) is 9.88 Å². The third-order valence-electron chi connectivity index (χ3n) is 6.81. The van der Waals surface area contributed by atoms with Crippen LogP contribution in [-0.2, 0) is 0 Å². The Hall–Kier alpha value is -4.24. The van der Waals surface area contributed by atoms with E-state index in [9.17, 15) is 0 Å². The van der Waals surface area contributed by atoms with Crippen LogP contribution in [0.5, 0.6) is 0 Å². The van der Waals surface area contributed by atoms with Gasteiger partial charge in [0, 0.05) is 54.1 Å². The van der Waals surface area contributed by atoms with Gasteiger partial charge in [0.2, 0.25) is 0 Å². The first kappa shape index (κ1) is 30.3. The Morgan fingerprint density at radius 3 is 2.75 bits per heavy atom. The van der Waals surface area contributed by atoms with E-state index in [-0.39, 0.29) is 0 Å². The molecule has 206 valence electrons. The second kappa shape index (κ2) is 16.7. The predicted molar refractivity (Wildman–Crippen MR) is 176 cm³/mol. The first-order chi connectivity index (χ1) is 19.5. The van der Waals surface area contributed by atoms with Gasteiger partial charge in [-0.25, -0.2) is 0 Å². The van der Waals surface area contributed by atoms with Crippen LogP contribution in [0.4, 0.5) is 0 Å². The Morgan fingerprint density at radius 2 is 2.00 bits per heavy atom. The van der Waals surface area contributed by atoms with Crippen LogP contribution in [-0.4, -0.2) is 22.6 Å². The quantitative estimate of drug-likeness (QED) is 0.130. The molecule has 1 aromatic heterocycles. The summed E-state index contributed by atoms with van der Waals surface area (Å²) >= 11 is 0. The largest absolute Gasteiger partial charge is 0.342 e. The maximum Gasteiger partial charge on any atom is 0.0411 e. The van der Waals surface area contributed by atoms with E-state index in [0.29, 0.717) is 5.92 Å². The van der Waals surface area contributed by atoms with Gasteiger partial charge in [0.15, 0.2) is 0 Å². The van der Waals surface area contributed by atoms with Gasteiger partial charge in [0.25, 0.3) is 0 Å². The molecule has 1 aromatic carbocycles. The molecule has 0 radical (unpaired) electrons. The number of aromatic nitrogens is 1. The Labute approximate surface area is 241 Å². The maximum atomic E-state index is 4.41. The maximum absolute atomic E-state index is 4.41. The first-order valence-electron chi connectivity index (χ1n) is 14.1. The zero-order chi connectivity index (χ0) is 28.6. The molecule has 0 amide bonds. The lowest BCUT2D eigenvalue weighted by Gasteiger charge is -2.29. The second-order valence-electron chi connectivity index (χ2n) is 9.82. The van der Waals surface area contributed by atoms with Crippen molar-refractivity contribution in [3.63, 3.8) is 0 Å². The summed E-state index contributed by atoms with van der Waals surface area (Å²) < 4.78 is 0. The van der Waals surface area contributed by atoms with Gasteiger partial charge in [-0.1, -0.05) is 79.5 Å². The number of pyridine rings is 1. The molecule has 2 aromatic rings. The zero-order valence-corrected chi connectivity index (χ0v) is 24.2. The average molecular weight is 530 g/mol. The van der Waals surface area contributed by atoms with Gasteiger partial charge in [-0.05, 0) is 80.2 Å². The molecule has 1 atom stereocenters. The van der Waals surface area contributed by atoms with Crippen molar-refractivity contribution >= 4 is 22.6 Å². The molecular formula is C37H43N3. The predicted octanol–water partition coefficient (Wildman–Crippen LogP) is 9.93. The third-order valence-corrected chi connectivity index (χ3v) is 6.81. The SMILES string of the molecule is C=CC/C=N\C(C)=C/C/C=C/[C@H]1C=CC(N(C/C=C\C(=C/C)c2ccc3cnccc3c2)C(=C)CCC=C)=CC1. The first-order valence-corrected chi connectivity index (χ1v) is 14.1. The Balaban J connectivity index is 1.65. The second-order valence-corrected chi connectivity index (χ2v) is 9.82. The van der Waals surface area contributed by atoms with Crippen LogP contribution >= 0.6 is 0 Å². The van der Waals surface area contributed by atoms with E-state index in [2.05, 4.69) is 120 Å². The van der Waals surface area contributed by atoms with Gasteiger partial charge in [-0.2, -0.15) is 0 Å². The van der Waals surface area contributed by atoms with Crippen molar-refractivity contribution in [2.45, 2.75) is 46.0 Å². The lowest BCUT2D eigenvalue weighted by Crippen LogP contribution is -2.22. The summed E-state index contributed by atoms with van der Waals surface area (Å²) in [6, 6.07) is 8.59. The molecule has 0 unspecified atom stereocenters. The summed E-state index contributed by atoms with van der Waals surface area (Å²) in [6.07, 6.45) is 34.1. The highest BCUT2D eigenvalue weighted by Gasteiger charge is 2.14. The van der Waals surface area contributed by atoms with Crippen LogP contribution < -0.4 is 0 Å². The molecule has 0 saturated carbocycles. The molecule has 3 rings (SSSR count). The minimum absolute atomic E-state index is 0.401. The summed E-state index contributed by atoms with van der Waals surface area (Å²) in [5.41, 5.74) is 5.75. The molecule has 0 aliphatic heterocycles. The van der Waals surface area contributed by atoms with Crippen molar-refractivity contribution in [3.8, 4) is 0 Å². The summed E-state index contributed by atoms with van der Waals surface area (Å²) in [7, 11) is 0. The van der Waals surface area contributed by atoms with E-state index in [1.807, 2.05) is 37.7 Å². The third kappa shape index (κ3) is 9.50. The van der Waals surface area contributed by atoms with Crippen molar-refractivity contribution in [2.75, 3.05) is 6.54 Å². The number of nitrogens with zero attached hydrogens (tertiary/aromatic N) is 3. The summed E-state index contributed by atoms with van der Waals surface area (Å²) in [4.78, 5) is 11.0. The van der Waals surface area contributed by atoms with E-state index < -0.39 is 0 Å². The molecule has 3 heteroatoms. The monoisotopic (exact) mass is 529 g/mol. The minimum Gasteiger partial charge on any atom is -0.342 e. The molecule has 0 spiro atoms. The molecule has 1 aliphatic carbocycles. The number of allylic oxidation sites excluding steroid dienone is 13. The fourth-order valence-electron chi connectivity index (χ4n) is 4.51. The fourth-order valence-corrected chi connectivity index (χ4v) is 4.51. The Kier molecular flexibility index (Phi) is 12.6. The number of benzene rings is 1. The van der Waals surface area contributed by atoms with Gasteiger partial charge < -0.3 is 4.90 Å². The van der Waals surface area contributed by atoms with Gasteiger partial charge in [-0.15, -0.1) is 13.2 Å². The number of fused-ring (bicyclic) bond motifs is 1. The van der Waals surface area contributed by atoms with Gasteiger partial charge in [0.1, 0.15) is 0 Å². The molecule has 1 heterocycles. The summed E-state index contributed by atoms with van der Waals surface area (Å²) in [5, 5.41) is 2.35. The number of hydrogen-bond donors (Lipinski definition) is 0. The molecule has 40 heavy (non-hydrogen) atoms. The van der Waals surface area contributed by atoms with E-state index in [1.54, 1.807) is 0 Å². The minimum atomic E-state index is 0.401. The standard InChI is InChI=1S/C37H43N3/c1-6-9-15-31(5)40(27-13-17-33(8-3)34-20-21-36-29-38-26-24-35(36)28-34)37-22-18-32(19-23-37)16-12-11-14-30(4)39-25-10-7-2/h6-8,12-14,16-18,20-26,28-29,32H,1-2,5,9-11,15,19,27H2,3-4H3/b16-12+,17-13-,30-14-,33-8+,39-25-/t32-/m0/s1. The fraction of sp³-hybridized carbons (Fsp3) is 0.243. The Bertz CT molecular complexity index is 1380.